The van der Waals surface area contributed by atoms with Gasteiger partial charge in [0.25, 0.3) is 0 Å². The summed E-state index contributed by atoms with van der Waals surface area (Å²) in [6.07, 6.45) is 8.23. The zero-order chi connectivity index (χ0) is 13.8. The number of rotatable bonds is 4. The van der Waals surface area contributed by atoms with E-state index in [0.29, 0.717) is 6.04 Å². The van der Waals surface area contributed by atoms with Crippen LogP contribution in [0.4, 0.5) is 5.69 Å². The molecule has 2 aromatic carbocycles. The molecule has 0 atom stereocenters. The van der Waals surface area contributed by atoms with E-state index in [0.717, 1.165) is 5.92 Å². The Morgan fingerprint density at radius 2 is 1.70 bits per heavy atom. The lowest BCUT2D eigenvalue weighted by atomic mass is 9.83. The van der Waals surface area contributed by atoms with Crippen molar-refractivity contribution in [1.82, 2.24) is 0 Å². The van der Waals surface area contributed by atoms with Gasteiger partial charge in [0.2, 0.25) is 0 Å². The molecule has 1 aliphatic carbocycles. The first-order chi connectivity index (χ1) is 9.85. The molecule has 2 aromatic rings. The molecule has 1 nitrogen and oxygen atoms in total. The van der Waals surface area contributed by atoms with Gasteiger partial charge in [-0.15, -0.1) is 0 Å². The molecule has 0 amide bonds. The summed E-state index contributed by atoms with van der Waals surface area (Å²) >= 11 is 0. The van der Waals surface area contributed by atoms with Gasteiger partial charge in [0, 0.05) is 11.7 Å². The molecule has 0 spiro atoms. The third-order valence-electron chi connectivity index (χ3n) is 4.66. The van der Waals surface area contributed by atoms with E-state index in [1.807, 2.05) is 0 Å². The van der Waals surface area contributed by atoms with Gasteiger partial charge in [-0.25, -0.2) is 0 Å². The van der Waals surface area contributed by atoms with Gasteiger partial charge in [-0.3, -0.25) is 0 Å². The molecule has 1 saturated carbocycles. The van der Waals surface area contributed by atoms with Crippen molar-refractivity contribution in [2.45, 2.75) is 51.5 Å². The van der Waals surface area contributed by atoms with Crippen LogP contribution in [0.25, 0.3) is 10.8 Å². The van der Waals surface area contributed by atoms with Crippen LogP contribution in [0.1, 0.15) is 45.4 Å². The first-order valence-corrected chi connectivity index (χ1v) is 8.10. The van der Waals surface area contributed by atoms with Gasteiger partial charge < -0.3 is 5.32 Å². The van der Waals surface area contributed by atoms with E-state index in [2.05, 4.69) is 54.7 Å². The molecule has 0 bridgehead atoms. The van der Waals surface area contributed by atoms with Gasteiger partial charge in [0.1, 0.15) is 0 Å². The second-order valence-corrected chi connectivity index (χ2v) is 6.21. The van der Waals surface area contributed by atoms with Gasteiger partial charge in [0.05, 0.1) is 0 Å². The molecular formula is C19H25N. The predicted octanol–water partition coefficient (Wildman–Crippen LogP) is 5.61. The van der Waals surface area contributed by atoms with E-state index in [1.165, 1.54) is 55.0 Å². The highest BCUT2D eigenvalue weighted by atomic mass is 14.9. The largest absolute Gasteiger partial charge is 0.382 e. The molecular weight excluding hydrogens is 242 g/mol. The predicted molar refractivity (Wildman–Crippen MR) is 88.2 cm³/mol. The first-order valence-electron chi connectivity index (χ1n) is 8.10. The summed E-state index contributed by atoms with van der Waals surface area (Å²) in [5.41, 5.74) is 1.28. The van der Waals surface area contributed by atoms with Crippen molar-refractivity contribution in [2.24, 2.45) is 5.92 Å². The minimum Gasteiger partial charge on any atom is -0.382 e. The molecule has 0 aromatic heterocycles. The molecule has 0 heterocycles. The average molecular weight is 267 g/mol. The number of benzene rings is 2. The van der Waals surface area contributed by atoms with E-state index >= 15 is 0 Å². The third-order valence-corrected chi connectivity index (χ3v) is 4.66. The highest BCUT2D eigenvalue weighted by Crippen LogP contribution is 2.30. The van der Waals surface area contributed by atoms with Crippen LogP contribution in [0, 0.1) is 5.92 Å². The van der Waals surface area contributed by atoms with Gasteiger partial charge in [0.15, 0.2) is 0 Å². The fraction of sp³-hybridized carbons (Fsp3) is 0.474. The van der Waals surface area contributed by atoms with Crippen LogP contribution in [-0.2, 0) is 0 Å². The van der Waals surface area contributed by atoms with Crippen molar-refractivity contribution in [1.29, 1.82) is 0 Å². The van der Waals surface area contributed by atoms with Crippen LogP contribution >= 0.6 is 0 Å². The summed E-state index contributed by atoms with van der Waals surface area (Å²) in [4.78, 5) is 0. The molecule has 106 valence electrons. The molecule has 1 aliphatic rings. The number of anilines is 1. The average Bonchev–Trinajstić information content (AvgIpc) is 2.49. The summed E-state index contributed by atoms with van der Waals surface area (Å²) in [6.45, 7) is 2.30. The lowest BCUT2D eigenvalue weighted by molar-refractivity contribution is 0.319. The van der Waals surface area contributed by atoms with Crippen LogP contribution in [0.2, 0.25) is 0 Å². The van der Waals surface area contributed by atoms with Crippen molar-refractivity contribution in [3.63, 3.8) is 0 Å². The monoisotopic (exact) mass is 267 g/mol. The lowest BCUT2D eigenvalue weighted by Crippen LogP contribution is -2.26. The number of fused-ring (bicyclic) bond motifs is 1. The first kappa shape index (κ1) is 13.5. The summed E-state index contributed by atoms with van der Waals surface area (Å²) in [5, 5.41) is 6.39. The zero-order valence-corrected chi connectivity index (χ0v) is 12.4. The summed E-state index contributed by atoms with van der Waals surface area (Å²) in [7, 11) is 0. The zero-order valence-electron chi connectivity index (χ0n) is 12.4. The van der Waals surface area contributed by atoms with Crippen molar-refractivity contribution in [3.8, 4) is 0 Å². The summed E-state index contributed by atoms with van der Waals surface area (Å²) in [5.74, 6) is 0.981. The second kappa shape index (κ2) is 6.30. The smallest absolute Gasteiger partial charge is 0.0348 e. The van der Waals surface area contributed by atoms with E-state index < -0.39 is 0 Å². The van der Waals surface area contributed by atoms with Crippen molar-refractivity contribution in [2.75, 3.05) is 5.32 Å². The molecule has 0 aliphatic heterocycles. The van der Waals surface area contributed by atoms with E-state index in [1.54, 1.807) is 0 Å². The fourth-order valence-electron chi connectivity index (χ4n) is 3.52. The maximum atomic E-state index is 3.74. The van der Waals surface area contributed by atoms with Crippen LogP contribution in [0.5, 0.6) is 0 Å². The highest BCUT2D eigenvalue weighted by Gasteiger charge is 2.20. The maximum Gasteiger partial charge on any atom is 0.0348 e. The van der Waals surface area contributed by atoms with E-state index in [-0.39, 0.29) is 0 Å². The molecule has 1 fully saturated rings. The Balaban J connectivity index is 1.62. The Hall–Kier alpha value is -1.50. The molecule has 3 rings (SSSR count). The van der Waals surface area contributed by atoms with Crippen molar-refractivity contribution < 1.29 is 0 Å². The lowest BCUT2D eigenvalue weighted by Gasteiger charge is -2.29. The van der Waals surface area contributed by atoms with Crippen LogP contribution < -0.4 is 5.32 Å². The third kappa shape index (κ3) is 3.15. The minimum atomic E-state index is 0.671. The Bertz CT molecular complexity index is 552. The molecule has 0 saturated heterocycles. The second-order valence-electron chi connectivity index (χ2n) is 6.21. The van der Waals surface area contributed by atoms with E-state index in [9.17, 15) is 0 Å². The van der Waals surface area contributed by atoms with E-state index in [4.69, 9.17) is 0 Å². The normalized spacial score (nSPS) is 22.9. The van der Waals surface area contributed by atoms with Crippen LogP contribution in [0.15, 0.2) is 42.5 Å². The fourth-order valence-corrected chi connectivity index (χ4v) is 3.52. The number of hydrogen-bond acceptors (Lipinski definition) is 1. The summed E-state index contributed by atoms with van der Waals surface area (Å²) < 4.78 is 0. The summed E-state index contributed by atoms with van der Waals surface area (Å²) in [6, 6.07) is 16.0. The van der Waals surface area contributed by atoms with Crippen molar-refractivity contribution >= 4 is 16.5 Å². The quantitative estimate of drug-likeness (QED) is 0.759. The Morgan fingerprint density at radius 3 is 2.45 bits per heavy atom. The van der Waals surface area contributed by atoms with Gasteiger partial charge in [-0.1, -0.05) is 50.1 Å². The molecule has 1 N–H and O–H groups in total. The topological polar surface area (TPSA) is 12.0 Å². The van der Waals surface area contributed by atoms with Gasteiger partial charge >= 0.3 is 0 Å². The molecule has 0 unspecified atom stereocenters. The standard InChI is InChI=1S/C19H25N/c1-2-5-15-8-11-18(12-9-15)20-19-13-10-16-6-3-4-7-17(16)14-19/h3-4,6-7,10,13-15,18,20H,2,5,8-9,11-12H2,1H3. The minimum absolute atomic E-state index is 0.671. The highest BCUT2D eigenvalue weighted by molar-refractivity contribution is 5.85. The SMILES string of the molecule is CCCC1CCC(Nc2ccc3ccccc3c2)CC1. The molecule has 20 heavy (non-hydrogen) atoms. The Morgan fingerprint density at radius 1 is 0.950 bits per heavy atom. The molecule has 1 heteroatoms. The Kier molecular flexibility index (Phi) is 4.25. The number of hydrogen-bond donors (Lipinski definition) is 1. The van der Waals surface area contributed by atoms with Gasteiger partial charge in [-0.2, -0.15) is 0 Å². The van der Waals surface area contributed by atoms with Crippen LogP contribution in [-0.4, -0.2) is 6.04 Å². The molecule has 0 radical (unpaired) electrons. The number of nitrogens with one attached hydrogen (secondary N) is 1. The maximum absolute atomic E-state index is 3.74. The van der Waals surface area contributed by atoms with Crippen LogP contribution in [0.3, 0.4) is 0 Å². The van der Waals surface area contributed by atoms with Crippen molar-refractivity contribution in [3.05, 3.63) is 42.5 Å². The Labute approximate surface area is 122 Å². The van der Waals surface area contributed by atoms with Gasteiger partial charge in [-0.05, 0) is 54.5 Å².